The van der Waals surface area contributed by atoms with Gasteiger partial charge in [0.2, 0.25) is 5.91 Å². The Bertz CT molecular complexity index is 1120. The number of benzene rings is 1. The Balaban J connectivity index is 1.66. The molecule has 3 heterocycles. The maximum absolute atomic E-state index is 11.5. The number of carbonyl (C=O) groups is 1. The van der Waals surface area contributed by atoms with Crippen molar-refractivity contribution in [1.29, 1.82) is 0 Å². The smallest absolute Gasteiger partial charge is 0.247 e. The molecule has 0 aliphatic heterocycles. The summed E-state index contributed by atoms with van der Waals surface area (Å²) in [5, 5.41) is 6.90. The van der Waals surface area contributed by atoms with E-state index in [1.54, 1.807) is 0 Å². The summed E-state index contributed by atoms with van der Waals surface area (Å²) in [5.41, 5.74) is 4.17. The lowest BCUT2D eigenvalue weighted by molar-refractivity contribution is -0.377. The predicted octanol–water partition coefficient (Wildman–Crippen LogP) is 3.31. The van der Waals surface area contributed by atoms with Crippen molar-refractivity contribution in [3.8, 4) is 11.3 Å². The van der Waals surface area contributed by atoms with Gasteiger partial charge < -0.3 is 15.6 Å². The van der Waals surface area contributed by atoms with Crippen LogP contribution in [-0.2, 0) is 4.79 Å². The molecule has 3 aromatic heterocycles. The van der Waals surface area contributed by atoms with E-state index in [4.69, 9.17) is 0 Å². The van der Waals surface area contributed by atoms with Gasteiger partial charge in [-0.05, 0) is 36.4 Å². The molecular formula is C20H17N6O+. The molecule has 0 fully saturated rings. The SMILES string of the molecule is C=CC(=O)Nc1cccc(Nc2ncnc3[nH]c(-c4ccc[nH+]c4)cc23)c1. The number of hydrogen-bond acceptors (Lipinski definition) is 4. The van der Waals surface area contributed by atoms with Crippen LogP contribution in [0.4, 0.5) is 17.2 Å². The van der Waals surface area contributed by atoms with Gasteiger partial charge in [0.25, 0.3) is 0 Å². The van der Waals surface area contributed by atoms with Gasteiger partial charge in [0.1, 0.15) is 17.8 Å². The van der Waals surface area contributed by atoms with Crippen molar-refractivity contribution in [3.63, 3.8) is 0 Å². The second-order valence-corrected chi connectivity index (χ2v) is 5.86. The summed E-state index contributed by atoms with van der Waals surface area (Å²) >= 11 is 0. The Morgan fingerprint density at radius 2 is 2.04 bits per heavy atom. The molecule has 0 radical (unpaired) electrons. The molecule has 0 aliphatic rings. The second-order valence-electron chi connectivity index (χ2n) is 5.86. The summed E-state index contributed by atoms with van der Waals surface area (Å²) in [6.45, 7) is 3.46. The summed E-state index contributed by atoms with van der Waals surface area (Å²) in [6, 6.07) is 13.3. The lowest BCUT2D eigenvalue weighted by atomic mass is 10.2. The molecule has 0 aliphatic carbocycles. The summed E-state index contributed by atoms with van der Waals surface area (Å²) in [5.74, 6) is 0.418. The van der Waals surface area contributed by atoms with Crippen LogP contribution in [0.1, 0.15) is 0 Å². The fraction of sp³-hybridized carbons (Fsp3) is 0. The number of nitrogens with zero attached hydrogens (tertiary/aromatic N) is 2. The number of nitrogens with one attached hydrogen (secondary N) is 4. The van der Waals surface area contributed by atoms with Gasteiger partial charge in [0.05, 0.1) is 16.6 Å². The van der Waals surface area contributed by atoms with E-state index in [9.17, 15) is 4.79 Å². The summed E-state index contributed by atoms with van der Waals surface area (Å²) in [4.78, 5) is 26.5. The molecule has 0 unspecified atom stereocenters. The quantitative estimate of drug-likeness (QED) is 0.477. The molecular weight excluding hydrogens is 340 g/mol. The molecule has 0 saturated carbocycles. The second kappa shape index (κ2) is 7.09. The Labute approximate surface area is 155 Å². The van der Waals surface area contributed by atoms with Crippen LogP contribution in [0, 0.1) is 0 Å². The third kappa shape index (κ3) is 3.52. The molecule has 4 aromatic rings. The number of hydrogen-bond donors (Lipinski definition) is 3. The normalized spacial score (nSPS) is 10.5. The molecule has 0 atom stereocenters. The number of carbonyl (C=O) groups excluding carboxylic acids is 1. The number of aromatic amines is 2. The van der Waals surface area contributed by atoms with Crippen LogP contribution in [0.3, 0.4) is 0 Å². The number of fused-ring (bicyclic) bond motifs is 1. The number of aromatic nitrogens is 4. The van der Waals surface area contributed by atoms with E-state index in [0.717, 1.165) is 28.0 Å². The van der Waals surface area contributed by atoms with Crippen molar-refractivity contribution in [2.45, 2.75) is 0 Å². The monoisotopic (exact) mass is 357 g/mol. The van der Waals surface area contributed by atoms with Crippen molar-refractivity contribution >= 4 is 34.1 Å². The van der Waals surface area contributed by atoms with Crippen molar-refractivity contribution in [2.75, 3.05) is 10.6 Å². The highest BCUT2D eigenvalue weighted by molar-refractivity contribution is 5.99. The van der Waals surface area contributed by atoms with E-state index >= 15 is 0 Å². The molecule has 0 bridgehead atoms. The van der Waals surface area contributed by atoms with Gasteiger partial charge in [0.15, 0.2) is 12.4 Å². The van der Waals surface area contributed by atoms with Crippen LogP contribution in [0.25, 0.3) is 22.3 Å². The molecule has 0 saturated heterocycles. The van der Waals surface area contributed by atoms with E-state index in [-0.39, 0.29) is 5.91 Å². The van der Waals surface area contributed by atoms with Crippen LogP contribution >= 0.6 is 0 Å². The summed E-state index contributed by atoms with van der Waals surface area (Å²) in [7, 11) is 0. The third-order valence-corrected chi connectivity index (χ3v) is 4.02. The van der Waals surface area contributed by atoms with Gasteiger partial charge in [-0.25, -0.2) is 15.0 Å². The van der Waals surface area contributed by atoms with Crippen molar-refractivity contribution in [3.05, 3.63) is 73.8 Å². The van der Waals surface area contributed by atoms with Gasteiger partial charge in [-0.2, -0.15) is 0 Å². The zero-order valence-corrected chi connectivity index (χ0v) is 14.4. The van der Waals surface area contributed by atoms with Crippen LogP contribution in [0.15, 0.2) is 73.8 Å². The van der Waals surface area contributed by atoms with Gasteiger partial charge >= 0.3 is 0 Å². The summed E-state index contributed by atoms with van der Waals surface area (Å²) in [6.07, 6.45) is 6.51. The molecule has 27 heavy (non-hydrogen) atoms. The first kappa shape index (κ1) is 16.5. The maximum Gasteiger partial charge on any atom is 0.247 e. The van der Waals surface area contributed by atoms with Crippen LogP contribution in [-0.4, -0.2) is 20.9 Å². The Kier molecular flexibility index (Phi) is 4.32. The van der Waals surface area contributed by atoms with E-state index in [1.165, 1.54) is 12.4 Å². The average molecular weight is 357 g/mol. The lowest BCUT2D eigenvalue weighted by Gasteiger charge is -2.08. The summed E-state index contributed by atoms with van der Waals surface area (Å²) < 4.78 is 0. The van der Waals surface area contributed by atoms with Crippen LogP contribution < -0.4 is 15.6 Å². The fourth-order valence-corrected chi connectivity index (χ4v) is 2.76. The number of rotatable bonds is 5. The first-order chi connectivity index (χ1) is 13.2. The van der Waals surface area contributed by atoms with Gasteiger partial charge in [-0.1, -0.05) is 12.6 Å². The zero-order valence-electron chi connectivity index (χ0n) is 14.4. The topological polar surface area (TPSA) is 96.8 Å². The minimum Gasteiger partial charge on any atom is -0.340 e. The average Bonchev–Trinajstić information content (AvgIpc) is 3.14. The molecule has 4 N–H and O–H groups in total. The predicted molar refractivity (Wildman–Crippen MR) is 104 cm³/mol. The van der Waals surface area contributed by atoms with Gasteiger partial charge in [-0.15, -0.1) is 0 Å². The lowest BCUT2D eigenvalue weighted by Crippen LogP contribution is -2.07. The molecule has 1 aromatic carbocycles. The van der Waals surface area contributed by atoms with Gasteiger partial charge in [-0.3, -0.25) is 4.79 Å². The minimum atomic E-state index is -0.258. The maximum atomic E-state index is 11.5. The minimum absolute atomic E-state index is 0.258. The largest absolute Gasteiger partial charge is 0.340 e. The highest BCUT2D eigenvalue weighted by Crippen LogP contribution is 2.28. The Morgan fingerprint density at radius 1 is 1.15 bits per heavy atom. The van der Waals surface area contributed by atoms with Gasteiger partial charge in [0, 0.05) is 17.4 Å². The zero-order chi connectivity index (χ0) is 18.6. The highest BCUT2D eigenvalue weighted by atomic mass is 16.1. The van der Waals surface area contributed by atoms with Crippen molar-refractivity contribution in [1.82, 2.24) is 15.0 Å². The molecule has 1 amide bonds. The molecule has 7 heteroatoms. The molecule has 132 valence electrons. The Hall–Kier alpha value is -4.00. The van der Waals surface area contributed by atoms with E-state index in [0.29, 0.717) is 11.5 Å². The van der Waals surface area contributed by atoms with Crippen LogP contribution in [0.2, 0.25) is 0 Å². The number of pyridine rings is 1. The Morgan fingerprint density at radius 3 is 2.85 bits per heavy atom. The van der Waals surface area contributed by atoms with Crippen LogP contribution in [0.5, 0.6) is 0 Å². The first-order valence-corrected chi connectivity index (χ1v) is 8.33. The number of anilines is 3. The molecule has 0 spiro atoms. The fourth-order valence-electron chi connectivity index (χ4n) is 2.76. The van der Waals surface area contributed by atoms with Crippen molar-refractivity contribution in [2.24, 2.45) is 0 Å². The van der Waals surface area contributed by atoms with E-state index in [1.807, 2.05) is 54.9 Å². The number of H-pyrrole nitrogens is 2. The van der Waals surface area contributed by atoms with E-state index in [2.05, 4.69) is 37.1 Å². The first-order valence-electron chi connectivity index (χ1n) is 8.33. The molecule has 7 nitrogen and oxygen atoms in total. The molecule has 4 rings (SSSR count). The van der Waals surface area contributed by atoms with Crippen molar-refractivity contribution < 1.29 is 9.78 Å². The highest BCUT2D eigenvalue weighted by Gasteiger charge is 2.11. The number of amides is 1. The van der Waals surface area contributed by atoms with E-state index < -0.39 is 0 Å². The third-order valence-electron chi connectivity index (χ3n) is 4.02. The standard InChI is InChI=1S/C20H16N6O/c1-2-18(27)24-14-6-3-7-15(9-14)25-19-16-10-17(13-5-4-8-21-11-13)26-20(16)23-12-22-19/h2-12H,1H2,(H,24,27)(H2,22,23,25,26)/p+1.